The summed E-state index contributed by atoms with van der Waals surface area (Å²) in [7, 11) is 0. The SMILES string of the molecule is CC(C)n1cc(-c2cccs2)c2ccc([N+](=O)[O-])cc21. The molecule has 0 N–H and O–H groups in total. The fourth-order valence-corrected chi connectivity index (χ4v) is 3.16. The zero-order chi connectivity index (χ0) is 14.3. The first kappa shape index (κ1) is 12.9. The van der Waals surface area contributed by atoms with Crippen molar-refractivity contribution in [3.8, 4) is 10.4 Å². The fourth-order valence-electron chi connectivity index (χ4n) is 2.41. The molecule has 0 saturated heterocycles. The van der Waals surface area contributed by atoms with Crippen LogP contribution in [0.1, 0.15) is 19.9 Å². The summed E-state index contributed by atoms with van der Waals surface area (Å²) in [6.07, 6.45) is 2.09. The van der Waals surface area contributed by atoms with Crippen molar-refractivity contribution in [2.45, 2.75) is 19.9 Å². The van der Waals surface area contributed by atoms with E-state index in [2.05, 4.69) is 30.7 Å². The molecule has 3 rings (SSSR count). The lowest BCUT2D eigenvalue weighted by atomic mass is 10.1. The maximum absolute atomic E-state index is 11.0. The number of fused-ring (bicyclic) bond motifs is 1. The van der Waals surface area contributed by atoms with Crippen molar-refractivity contribution in [1.82, 2.24) is 4.57 Å². The van der Waals surface area contributed by atoms with Crippen LogP contribution in [0.25, 0.3) is 21.3 Å². The summed E-state index contributed by atoms with van der Waals surface area (Å²) < 4.78 is 2.09. The molecule has 2 aromatic heterocycles. The number of nitro benzene ring substituents is 1. The van der Waals surface area contributed by atoms with Gasteiger partial charge >= 0.3 is 0 Å². The van der Waals surface area contributed by atoms with Crippen LogP contribution in [0.15, 0.2) is 41.9 Å². The molecule has 0 amide bonds. The highest BCUT2D eigenvalue weighted by molar-refractivity contribution is 7.13. The Morgan fingerprint density at radius 2 is 2.10 bits per heavy atom. The molecule has 4 nitrogen and oxygen atoms in total. The van der Waals surface area contributed by atoms with Crippen molar-refractivity contribution >= 4 is 27.9 Å². The van der Waals surface area contributed by atoms with Gasteiger partial charge in [-0.1, -0.05) is 6.07 Å². The molecule has 20 heavy (non-hydrogen) atoms. The molecule has 0 aliphatic rings. The van der Waals surface area contributed by atoms with Gasteiger partial charge in [-0.2, -0.15) is 0 Å². The molecule has 0 fully saturated rings. The van der Waals surface area contributed by atoms with Crippen LogP contribution >= 0.6 is 11.3 Å². The molecule has 0 aliphatic heterocycles. The molecule has 1 aromatic carbocycles. The van der Waals surface area contributed by atoms with Crippen LogP contribution < -0.4 is 0 Å². The van der Waals surface area contributed by atoms with Crippen molar-refractivity contribution in [1.29, 1.82) is 0 Å². The quantitative estimate of drug-likeness (QED) is 0.510. The standard InChI is InChI=1S/C15H14N2O2S/c1-10(2)16-9-13(15-4-3-7-20-15)12-6-5-11(17(18)19)8-14(12)16/h3-10H,1-2H3. The number of hydrogen-bond donors (Lipinski definition) is 0. The van der Waals surface area contributed by atoms with E-state index in [1.165, 1.54) is 4.88 Å². The van der Waals surface area contributed by atoms with Crippen LogP contribution in [-0.4, -0.2) is 9.49 Å². The number of rotatable bonds is 3. The highest BCUT2D eigenvalue weighted by Crippen LogP contribution is 2.36. The van der Waals surface area contributed by atoms with Gasteiger partial charge in [-0.3, -0.25) is 10.1 Å². The van der Waals surface area contributed by atoms with Gasteiger partial charge in [0.25, 0.3) is 5.69 Å². The van der Waals surface area contributed by atoms with Crippen molar-refractivity contribution in [2.24, 2.45) is 0 Å². The monoisotopic (exact) mass is 286 g/mol. The lowest BCUT2D eigenvalue weighted by Gasteiger charge is -2.08. The Kier molecular flexibility index (Phi) is 3.06. The van der Waals surface area contributed by atoms with Gasteiger partial charge < -0.3 is 4.57 Å². The molecule has 0 saturated carbocycles. The topological polar surface area (TPSA) is 48.1 Å². The number of benzene rings is 1. The van der Waals surface area contributed by atoms with Crippen LogP contribution in [0.2, 0.25) is 0 Å². The van der Waals surface area contributed by atoms with Gasteiger partial charge in [0, 0.05) is 40.2 Å². The highest BCUT2D eigenvalue weighted by atomic mass is 32.1. The fraction of sp³-hybridized carbons (Fsp3) is 0.200. The third-order valence-corrected chi connectivity index (χ3v) is 4.27. The maximum Gasteiger partial charge on any atom is 0.271 e. The number of hydrogen-bond acceptors (Lipinski definition) is 3. The summed E-state index contributed by atoms with van der Waals surface area (Å²) in [5, 5.41) is 14.1. The van der Waals surface area contributed by atoms with Gasteiger partial charge in [-0.15, -0.1) is 11.3 Å². The first-order chi connectivity index (χ1) is 9.58. The van der Waals surface area contributed by atoms with E-state index >= 15 is 0 Å². The molecule has 0 radical (unpaired) electrons. The average Bonchev–Trinajstić information content (AvgIpc) is 3.04. The second kappa shape index (κ2) is 4.76. The molecule has 0 bridgehead atoms. The minimum atomic E-state index is -0.345. The summed E-state index contributed by atoms with van der Waals surface area (Å²) >= 11 is 1.68. The Morgan fingerprint density at radius 1 is 1.30 bits per heavy atom. The number of thiophene rings is 1. The maximum atomic E-state index is 11.0. The van der Waals surface area contributed by atoms with Crippen molar-refractivity contribution in [3.63, 3.8) is 0 Å². The first-order valence-electron chi connectivity index (χ1n) is 6.41. The number of nitro groups is 1. The van der Waals surface area contributed by atoms with Crippen LogP contribution in [-0.2, 0) is 0 Å². The number of aromatic nitrogens is 1. The van der Waals surface area contributed by atoms with Crippen molar-refractivity contribution in [2.75, 3.05) is 0 Å². The lowest BCUT2D eigenvalue weighted by molar-refractivity contribution is -0.384. The van der Waals surface area contributed by atoms with Crippen LogP contribution in [0.4, 0.5) is 5.69 Å². The molecule has 3 aromatic rings. The third kappa shape index (κ3) is 2.00. The molecule has 0 aliphatic carbocycles. The van der Waals surface area contributed by atoms with E-state index < -0.39 is 0 Å². The Labute approximate surface area is 120 Å². The Hall–Kier alpha value is -2.14. The van der Waals surface area contributed by atoms with E-state index in [0.717, 1.165) is 16.5 Å². The van der Waals surface area contributed by atoms with Gasteiger partial charge in [0.15, 0.2) is 0 Å². The van der Waals surface area contributed by atoms with E-state index in [4.69, 9.17) is 0 Å². The lowest BCUT2D eigenvalue weighted by Crippen LogP contribution is -1.98. The molecular formula is C15H14N2O2S. The second-order valence-electron chi connectivity index (χ2n) is 4.98. The summed E-state index contributed by atoms with van der Waals surface area (Å²) in [6, 6.07) is 9.43. The predicted octanol–water partition coefficient (Wildman–Crippen LogP) is 4.86. The highest BCUT2D eigenvalue weighted by Gasteiger charge is 2.16. The number of non-ortho nitro benzene ring substituents is 1. The summed E-state index contributed by atoms with van der Waals surface area (Å²) in [5.41, 5.74) is 2.19. The largest absolute Gasteiger partial charge is 0.344 e. The third-order valence-electron chi connectivity index (χ3n) is 3.37. The zero-order valence-electron chi connectivity index (χ0n) is 11.2. The van der Waals surface area contributed by atoms with Gasteiger partial charge in [0.2, 0.25) is 0 Å². The normalized spacial score (nSPS) is 11.3. The number of nitrogens with zero attached hydrogens (tertiary/aromatic N) is 2. The summed E-state index contributed by atoms with van der Waals surface area (Å²) in [5.74, 6) is 0. The molecule has 0 spiro atoms. The zero-order valence-corrected chi connectivity index (χ0v) is 12.1. The van der Waals surface area contributed by atoms with Crippen LogP contribution in [0, 0.1) is 10.1 Å². The van der Waals surface area contributed by atoms with Gasteiger partial charge in [-0.25, -0.2) is 0 Å². The van der Waals surface area contributed by atoms with Crippen LogP contribution in [0.5, 0.6) is 0 Å². The average molecular weight is 286 g/mol. The minimum absolute atomic E-state index is 0.134. The molecular weight excluding hydrogens is 272 g/mol. The van der Waals surface area contributed by atoms with Gasteiger partial charge in [-0.05, 0) is 31.4 Å². The Bertz CT molecular complexity index is 773. The van der Waals surface area contributed by atoms with E-state index in [1.807, 2.05) is 17.5 Å². The van der Waals surface area contributed by atoms with E-state index in [1.54, 1.807) is 23.5 Å². The first-order valence-corrected chi connectivity index (χ1v) is 7.28. The molecule has 102 valence electrons. The predicted molar refractivity (Wildman–Crippen MR) is 82.3 cm³/mol. The molecule has 0 unspecified atom stereocenters. The van der Waals surface area contributed by atoms with Crippen LogP contribution in [0.3, 0.4) is 0 Å². The van der Waals surface area contributed by atoms with E-state index in [9.17, 15) is 10.1 Å². The van der Waals surface area contributed by atoms with Gasteiger partial charge in [0.1, 0.15) is 0 Å². The molecule has 5 heteroatoms. The smallest absolute Gasteiger partial charge is 0.271 e. The van der Waals surface area contributed by atoms with E-state index in [-0.39, 0.29) is 16.7 Å². The van der Waals surface area contributed by atoms with Gasteiger partial charge in [0.05, 0.1) is 10.4 Å². The summed E-state index contributed by atoms with van der Waals surface area (Å²) in [6.45, 7) is 4.16. The van der Waals surface area contributed by atoms with Crippen molar-refractivity contribution in [3.05, 3.63) is 52.0 Å². The van der Waals surface area contributed by atoms with Crippen molar-refractivity contribution < 1.29 is 4.92 Å². The molecule has 0 atom stereocenters. The Morgan fingerprint density at radius 3 is 2.70 bits per heavy atom. The Balaban J connectivity index is 2.31. The van der Waals surface area contributed by atoms with E-state index in [0.29, 0.717) is 0 Å². The molecule has 2 heterocycles. The second-order valence-corrected chi connectivity index (χ2v) is 5.93. The minimum Gasteiger partial charge on any atom is -0.344 e. The summed E-state index contributed by atoms with van der Waals surface area (Å²) in [4.78, 5) is 11.8.